The molecule has 1 N–H and O–H groups in total. The van der Waals surface area contributed by atoms with E-state index in [0.717, 1.165) is 34.8 Å². The minimum Gasteiger partial charge on any atom is -0.352 e. The Kier molecular flexibility index (Phi) is 5.53. The van der Waals surface area contributed by atoms with Crippen LogP contribution in [0.3, 0.4) is 0 Å². The molecule has 0 aliphatic rings. The second kappa shape index (κ2) is 7.88. The highest BCUT2D eigenvalue weighted by Crippen LogP contribution is 2.29. The number of nitrogens with one attached hydrogen (secondary N) is 1. The summed E-state index contributed by atoms with van der Waals surface area (Å²) >= 11 is 0. The van der Waals surface area contributed by atoms with Crippen LogP contribution < -0.4 is 5.32 Å². The van der Waals surface area contributed by atoms with Crippen LogP contribution in [-0.2, 0) is 12.6 Å². The summed E-state index contributed by atoms with van der Waals surface area (Å²) in [5.74, 6) is -0.395. The molecule has 0 bridgehead atoms. The lowest BCUT2D eigenvalue weighted by Gasteiger charge is -2.09. The van der Waals surface area contributed by atoms with Crippen molar-refractivity contribution in [3.63, 3.8) is 0 Å². The van der Waals surface area contributed by atoms with Crippen LogP contribution in [0.4, 0.5) is 13.2 Å². The molecule has 0 unspecified atom stereocenters. The molecule has 146 valence electrons. The Morgan fingerprint density at radius 3 is 2.21 bits per heavy atom. The van der Waals surface area contributed by atoms with E-state index in [1.165, 1.54) is 12.1 Å². The first-order chi connectivity index (χ1) is 13.2. The predicted molar refractivity (Wildman–Crippen MR) is 101 cm³/mol. The Morgan fingerprint density at radius 1 is 1.04 bits per heavy atom. The maximum absolute atomic E-state index is 12.6. The van der Waals surface area contributed by atoms with Crippen molar-refractivity contribution in [1.29, 1.82) is 0 Å². The Balaban J connectivity index is 1.54. The molecule has 28 heavy (non-hydrogen) atoms. The number of amides is 1. The lowest BCUT2D eigenvalue weighted by atomic mass is 10.1. The first kappa shape index (κ1) is 19.7. The van der Waals surface area contributed by atoms with Gasteiger partial charge in [0, 0.05) is 17.8 Å². The van der Waals surface area contributed by atoms with Crippen LogP contribution in [0.25, 0.3) is 5.69 Å². The smallest absolute Gasteiger partial charge is 0.352 e. The summed E-state index contributed by atoms with van der Waals surface area (Å²) in [5, 5.41) is 7.17. The summed E-state index contributed by atoms with van der Waals surface area (Å²) in [6.07, 6.45) is -3.79. The maximum Gasteiger partial charge on any atom is 0.416 e. The topological polar surface area (TPSA) is 46.9 Å². The van der Waals surface area contributed by atoms with Gasteiger partial charge in [-0.3, -0.25) is 4.79 Å². The molecular formula is C21H20F3N3O. The highest BCUT2D eigenvalue weighted by molar-refractivity contribution is 5.94. The summed E-state index contributed by atoms with van der Waals surface area (Å²) in [5.41, 5.74) is 3.43. The van der Waals surface area contributed by atoms with Crippen LogP contribution in [-0.4, -0.2) is 22.2 Å². The van der Waals surface area contributed by atoms with E-state index in [9.17, 15) is 18.0 Å². The number of halogens is 3. The number of aromatic nitrogens is 2. The molecule has 0 fully saturated rings. The third kappa shape index (κ3) is 4.60. The number of hydrogen-bond donors (Lipinski definition) is 1. The maximum atomic E-state index is 12.6. The summed E-state index contributed by atoms with van der Waals surface area (Å²) in [7, 11) is 0. The fourth-order valence-corrected chi connectivity index (χ4v) is 2.93. The molecule has 0 aliphatic carbocycles. The Labute approximate surface area is 161 Å². The van der Waals surface area contributed by atoms with Gasteiger partial charge in [-0.05, 0) is 68.3 Å². The lowest BCUT2D eigenvalue weighted by Crippen LogP contribution is -2.25. The molecule has 2 aromatic carbocycles. The fraction of sp³-hybridized carbons (Fsp3) is 0.238. The first-order valence-corrected chi connectivity index (χ1v) is 8.82. The minimum atomic E-state index is -4.41. The molecule has 1 amide bonds. The summed E-state index contributed by atoms with van der Waals surface area (Å²) in [6.45, 7) is 4.32. The van der Waals surface area contributed by atoms with Gasteiger partial charge in [0.1, 0.15) is 0 Å². The van der Waals surface area contributed by atoms with Crippen molar-refractivity contribution in [2.45, 2.75) is 26.4 Å². The molecular weight excluding hydrogens is 367 g/mol. The zero-order valence-electron chi connectivity index (χ0n) is 15.5. The summed E-state index contributed by atoms with van der Waals surface area (Å²) in [4.78, 5) is 12.1. The number of benzene rings is 2. The number of carbonyl (C=O) groups excluding carboxylic acids is 1. The molecule has 4 nitrogen and oxygen atoms in total. The molecule has 3 rings (SSSR count). The standard InChI is InChI=1S/C21H20F3N3O/c1-14-13-15(2)27(26-14)19-9-3-16(4-10-19)11-12-25-20(28)17-5-7-18(8-6-17)21(22,23)24/h3-10,13H,11-12H2,1-2H3,(H,25,28). The zero-order chi connectivity index (χ0) is 20.3. The van der Waals surface area contributed by atoms with E-state index in [1.807, 2.05) is 48.9 Å². The Morgan fingerprint density at radius 2 is 1.68 bits per heavy atom. The quantitative estimate of drug-likeness (QED) is 0.702. The molecule has 0 spiro atoms. The normalized spacial score (nSPS) is 11.5. The van der Waals surface area contributed by atoms with Gasteiger partial charge < -0.3 is 5.32 Å². The van der Waals surface area contributed by atoms with Crippen LogP contribution >= 0.6 is 0 Å². The van der Waals surface area contributed by atoms with Crippen molar-refractivity contribution in [2.24, 2.45) is 0 Å². The Hall–Kier alpha value is -3.09. The average molecular weight is 387 g/mol. The van der Waals surface area contributed by atoms with Gasteiger partial charge in [0.05, 0.1) is 16.9 Å². The highest BCUT2D eigenvalue weighted by atomic mass is 19.4. The van der Waals surface area contributed by atoms with E-state index in [-0.39, 0.29) is 5.56 Å². The lowest BCUT2D eigenvalue weighted by molar-refractivity contribution is -0.137. The zero-order valence-corrected chi connectivity index (χ0v) is 15.5. The van der Waals surface area contributed by atoms with Crippen molar-refractivity contribution >= 4 is 5.91 Å². The predicted octanol–water partition coefficient (Wildman–Crippen LogP) is 4.48. The van der Waals surface area contributed by atoms with E-state index >= 15 is 0 Å². The van der Waals surface area contributed by atoms with Crippen molar-refractivity contribution in [3.8, 4) is 5.69 Å². The molecule has 0 saturated carbocycles. The summed E-state index contributed by atoms with van der Waals surface area (Å²) in [6, 6.07) is 14.1. The van der Waals surface area contributed by atoms with Crippen LogP contribution in [0.1, 0.15) is 32.9 Å². The van der Waals surface area contributed by atoms with Gasteiger partial charge in [-0.15, -0.1) is 0 Å². The SMILES string of the molecule is Cc1cc(C)n(-c2ccc(CCNC(=O)c3ccc(C(F)(F)F)cc3)cc2)n1. The van der Waals surface area contributed by atoms with Crippen molar-refractivity contribution < 1.29 is 18.0 Å². The van der Waals surface area contributed by atoms with E-state index in [4.69, 9.17) is 0 Å². The minimum absolute atomic E-state index is 0.202. The Bertz CT molecular complexity index is 958. The molecule has 3 aromatic rings. The van der Waals surface area contributed by atoms with Gasteiger partial charge in [0.2, 0.25) is 0 Å². The van der Waals surface area contributed by atoms with Gasteiger partial charge in [0.15, 0.2) is 0 Å². The largest absolute Gasteiger partial charge is 0.416 e. The van der Waals surface area contributed by atoms with Crippen molar-refractivity contribution in [3.05, 3.63) is 82.7 Å². The number of alkyl halides is 3. The highest BCUT2D eigenvalue weighted by Gasteiger charge is 2.30. The first-order valence-electron chi connectivity index (χ1n) is 8.82. The average Bonchev–Trinajstić information content (AvgIpc) is 3.00. The van der Waals surface area contributed by atoms with Crippen molar-refractivity contribution in [1.82, 2.24) is 15.1 Å². The van der Waals surface area contributed by atoms with Crippen LogP contribution in [0, 0.1) is 13.8 Å². The van der Waals surface area contributed by atoms with E-state index < -0.39 is 17.6 Å². The third-order valence-electron chi connectivity index (χ3n) is 4.36. The van der Waals surface area contributed by atoms with Gasteiger partial charge in [-0.25, -0.2) is 4.68 Å². The van der Waals surface area contributed by atoms with Crippen LogP contribution in [0.5, 0.6) is 0 Å². The van der Waals surface area contributed by atoms with E-state index in [2.05, 4.69) is 10.4 Å². The monoisotopic (exact) mass is 387 g/mol. The molecule has 0 saturated heterocycles. The van der Waals surface area contributed by atoms with E-state index in [0.29, 0.717) is 13.0 Å². The molecule has 0 aliphatic heterocycles. The molecule has 1 aromatic heterocycles. The summed E-state index contributed by atoms with van der Waals surface area (Å²) < 4.78 is 39.6. The molecule has 0 radical (unpaired) electrons. The van der Waals surface area contributed by atoms with Gasteiger partial charge >= 0.3 is 6.18 Å². The molecule has 0 atom stereocenters. The molecule has 1 heterocycles. The van der Waals surface area contributed by atoms with Crippen molar-refractivity contribution in [2.75, 3.05) is 6.54 Å². The van der Waals surface area contributed by atoms with Crippen LogP contribution in [0.15, 0.2) is 54.6 Å². The number of aryl methyl sites for hydroxylation is 2. The number of nitrogens with zero attached hydrogens (tertiary/aromatic N) is 2. The third-order valence-corrected chi connectivity index (χ3v) is 4.36. The second-order valence-corrected chi connectivity index (χ2v) is 6.59. The fourth-order valence-electron chi connectivity index (χ4n) is 2.93. The molecule has 7 heteroatoms. The number of hydrogen-bond acceptors (Lipinski definition) is 2. The van der Waals surface area contributed by atoms with Crippen LogP contribution in [0.2, 0.25) is 0 Å². The number of rotatable bonds is 5. The van der Waals surface area contributed by atoms with E-state index in [1.54, 1.807) is 0 Å². The second-order valence-electron chi connectivity index (χ2n) is 6.59. The van der Waals surface area contributed by atoms with Gasteiger partial charge in [0.25, 0.3) is 5.91 Å². The van der Waals surface area contributed by atoms with Gasteiger partial charge in [-0.1, -0.05) is 12.1 Å². The van der Waals surface area contributed by atoms with Gasteiger partial charge in [-0.2, -0.15) is 18.3 Å². The number of carbonyl (C=O) groups is 1.